The first kappa shape index (κ1) is 20.7. The van der Waals surface area contributed by atoms with E-state index in [0.717, 1.165) is 5.56 Å². The van der Waals surface area contributed by atoms with Crippen molar-refractivity contribution in [3.05, 3.63) is 70.3 Å². The Morgan fingerprint density at radius 1 is 1.04 bits per heavy atom. The molecule has 0 aromatic heterocycles. The Labute approximate surface area is 167 Å². The number of halogens is 1. The first-order valence-electron chi connectivity index (χ1n) is 8.00. The maximum Gasteiger partial charge on any atom is 0.348 e. The highest BCUT2D eigenvalue weighted by molar-refractivity contribution is 6.30. The summed E-state index contributed by atoms with van der Waals surface area (Å²) in [6.45, 7) is 0. The molecule has 142 valence electrons. The van der Waals surface area contributed by atoms with Crippen LogP contribution in [0.3, 0.4) is 0 Å². The van der Waals surface area contributed by atoms with Gasteiger partial charge in [0.1, 0.15) is 11.6 Å². The lowest BCUT2D eigenvalue weighted by molar-refractivity contribution is -0.135. The van der Waals surface area contributed by atoms with Crippen LogP contribution in [-0.4, -0.2) is 26.2 Å². The van der Waals surface area contributed by atoms with Gasteiger partial charge in [-0.1, -0.05) is 29.8 Å². The molecule has 0 saturated carbocycles. The molecule has 0 bridgehead atoms. The Morgan fingerprint density at radius 3 is 2.32 bits per heavy atom. The zero-order chi connectivity index (χ0) is 20.5. The van der Waals surface area contributed by atoms with Crippen LogP contribution in [0.2, 0.25) is 5.02 Å². The van der Waals surface area contributed by atoms with E-state index >= 15 is 0 Å². The summed E-state index contributed by atoms with van der Waals surface area (Å²) < 4.78 is 15.0. The molecule has 0 radical (unpaired) electrons. The van der Waals surface area contributed by atoms with Crippen LogP contribution >= 0.6 is 11.6 Å². The van der Waals surface area contributed by atoms with Crippen molar-refractivity contribution in [2.75, 3.05) is 14.2 Å². The van der Waals surface area contributed by atoms with Crippen molar-refractivity contribution < 1.29 is 23.8 Å². The number of benzene rings is 2. The standard InChI is InChI=1S/C21H16ClNO5/c1-26-19-12-15(11-16(13-23)21(25)27-2)5-9-18(19)28-20(24)10-6-14-3-7-17(22)8-4-14/h3-12H,1-2H3/b10-6+,16-11+. The summed E-state index contributed by atoms with van der Waals surface area (Å²) in [7, 11) is 2.60. The van der Waals surface area contributed by atoms with Crippen molar-refractivity contribution in [3.8, 4) is 17.6 Å². The van der Waals surface area contributed by atoms with E-state index < -0.39 is 11.9 Å². The molecule has 0 atom stereocenters. The van der Waals surface area contributed by atoms with Crippen molar-refractivity contribution in [1.29, 1.82) is 5.26 Å². The van der Waals surface area contributed by atoms with Crippen molar-refractivity contribution in [2.45, 2.75) is 0 Å². The van der Waals surface area contributed by atoms with Gasteiger partial charge in [-0.25, -0.2) is 9.59 Å². The van der Waals surface area contributed by atoms with Gasteiger partial charge in [-0.15, -0.1) is 0 Å². The van der Waals surface area contributed by atoms with Crippen LogP contribution in [0, 0.1) is 11.3 Å². The summed E-state index contributed by atoms with van der Waals surface area (Å²) in [5, 5.41) is 9.62. The van der Waals surface area contributed by atoms with E-state index in [1.807, 2.05) is 0 Å². The second-order valence-corrected chi connectivity index (χ2v) is 5.81. The zero-order valence-electron chi connectivity index (χ0n) is 15.1. The van der Waals surface area contributed by atoms with Gasteiger partial charge in [-0.3, -0.25) is 0 Å². The topological polar surface area (TPSA) is 85.6 Å². The molecule has 0 aliphatic carbocycles. The van der Waals surface area contributed by atoms with Gasteiger partial charge in [-0.2, -0.15) is 5.26 Å². The highest BCUT2D eigenvalue weighted by Crippen LogP contribution is 2.29. The van der Waals surface area contributed by atoms with Crippen LogP contribution in [0.25, 0.3) is 12.2 Å². The summed E-state index contributed by atoms with van der Waals surface area (Å²) in [6.07, 6.45) is 4.22. The Morgan fingerprint density at radius 2 is 1.71 bits per heavy atom. The molecule has 2 aromatic rings. The number of methoxy groups -OCH3 is 2. The number of ether oxygens (including phenoxy) is 3. The molecule has 0 N–H and O–H groups in total. The molecule has 0 aliphatic rings. The predicted octanol–water partition coefficient (Wildman–Crippen LogP) is 4.05. The molecular weight excluding hydrogens is 382 g/mol. The van der Waals surface area contributed by atoms with E-state index in [1.165, 1.54) is 38.5 Å². The minimum Gasteiger partial charge on any atom is -0.493 e. The lowest BCUT2D eigenvalue weighted by atomic mass is 10.1. The van der Waals surface area contributed by atoms with E-state index in [4.69, 9.17) is 26.3 Å². The fourth-order valence-corrected chi connectivity index (χ4v) is 2.28. The second kappa shape index (κ2) is 9.95. The molecule has 0 spiro atoms. The number of carbonyl (C=O) groups excluding carboxylic acids is 2. The minimum atomic E-state index is -0.746. The van der Waals surface area contributed by atoms with Gasteiger partial charge >= 0.3 is 11.9 Å². The van der Waals surface area contributed by atoms with E-state index in [9.17, 15) is 9.59 Å². The lowest BCUT2D eigenvalue weighted by Crippen LogP contribution is -2.05. The molecule has 2 aromatic carbocycles. The number of nitriles is 1. The van der Waals surface area contributed by atoms with E-state index in [2.05, 4.69) is 4.74 Å². The molecule has 6 nitrogen and oxygen atoms in total. The molecule has 0 saturated heterocycles. The number of carbonyl (C=O) groups is 2. The zero-order valence-corrected chi connectivity index (χ0v) is 15.9. The minimum absolute atomic E-state index is 0.166. The van der Waals surface area contributed by atoms with Crippen molar-refractivity contribution in [1.82, 2.24) is 0 Å². The molecule has 7 heteroatoms. The first-order valence-corrected chi connectivity index (χ1v) is 8.38. The smallest absolute Gasteiger partial charge is 0.348 e. The third-order valence-corrected chi connectivity index (χ3v) is 3.77. The molecule has 0 amide bonds. The maximum atomic E-state index is 12.1. The SMILES string of the molecule is COC(=O)/C(C#N)=C/c1ccc(OC(=O)/C=C/c2ccc(Cl)cc2)c(OC)c1. The number of esters is 2. The van der Waals surface area contributed by atoms with Crippen molar-refractivity contribution >= 4 is 35.7 Å². The van der Waals surface area contributed by atoms with E-state index in [1.54, 1.807) is 42.5 Å². The van der Waals surface area contributed by atoms with Crippen molar-refractivity contribution in [3.63, 3.8) is 0 Å². The highest BCUT2D eigenvalue weighted by atomic mass is 35.5. The van der Waals surface area contributed by atoms with Gasteiger partial charge in [0.05, 0.1) is 14.2 Å². The Hall–Kier alpha value is -3.56. The van der Waals surface area contributed by atoms with Gasteiger partial charge in [0.2, 0.25) is 0 Å². The fourth-order valence-electron chi connectivity index (χ4n) is 2.15. The molecule has 28 heavy (non-hydrogen) atoms. The normalized spacial score (nSPS) is 11.0. The van der Waals surface area contributed by atoms with Gasteiger partial charge in [0, 0.05) is 11.1 Å². The molecule has 2 rings (SSSR count). The summed E-state index contributed by atoms with van der Waals surface area (Å²) in [5.74, 6) is -0.876. The highest BCUT2D eigenvalue weighted by Gasteiger charge is 2.12. The summed E-state index contributed by atoms with van der Waals surface area (Å²) >= 11 is 5.82. The molecule has 0 fully saturated rings. The van der Waals surface area contributed by atoms with Crippen LogP contribution in [0.15, 0.2) is 54.1 Å². The van der Waals surface area contributed by atoms with Crippen molar-refractivity contribution in [2.24, 2.45) is 0 Å². The number of hydrogen-bond acceptors (Lipinski definition) is 6. The fraction of sp³-hybridized carbons (Fsp3) is 0.0952. The predicted molar refractivity (Wildman–Crippen MR) is 105 cm³/mol. The monoisotopic (exact) mass is 397 g/mol. The third-order valence-electron chi connectivity index (χ3n) is 3.52. The van der Waals surface area contributed by atoms with Gasteiger partial charge < -0.3 is 14.2 Å². The van der Waals surface area contributed by atoms with Gasteiger partial charge in [0.25, 0.3) is 0 Å². The Bertz CT molecular complexity index is 971. The van der Waals surface area contributed by atoms with E-state index in [0.29, 0.717) is 10.6 Å². The average Bonchev–Trinajstić information content (AvgIpc) is 2.71. The molecule has 0 unspecified atom stereocenters. The summed E-state index contributed by atoms with van der Waals surface area (Å²) in [4.78, 5) is 23.5. The quantitative estimate of drug-likeness (QED) is 0.316. The van der Waals surface area contributed by atoms with Gasteiger partial charge in [-0.05, 0) is 47.5 Å². The van der Waals surface area contributed by atoms with Crippen LogP contribution in [0.1, 0.15) is 11.1 Å². The molecule has 0 aliphatic heterocycles. The second-order valence-electron chi connectivity index (χ2n) is 5.38. The maximum absolute atomic E-state index is 12.1. The number of rotatable bonds is 6. The Kier molecular flexibility index (Phi) is 7.37. The summed E-state index contributed by atoms with van der Waals surface area (Å²) in [5.41, 5.74) is 1.14. The summed E-state index contributed by atoms with van der Waals surface area (Å²) in [6, 6.07) is 13.3. The van der Waals surface area contributed by atoms with Gasteiger partial charge in [0.15, 0.2) is 11.5 Å². The van der Waals surface area contributed by atoms with Crippen LogP contribution in [0.4, 0.5) is 0 Å². The van der Waals surface area contributed by atoms with Crippen LogP contribution < -0.4 is 9.47 Å². The van der Waals surface area contributed by atoms with Crippen LogP contribution in [0.5, 0.6) is 11.5 Å². The lowest BCUT2D eigenvalue weighted by Gasteiger charge is -2.09. The third kappa shape index (κ3) is 5.73. The number of nitrogens with zero attached hydrogens (tertiary/aromatic N) is 1. The Balaban J connectivity index is 2.16. The van der Waals surface area contributed by atoms with E-state index in [-0.39, 0.29) is 17.1 Å². The molecule has 0 heterocycles. The first-order chi connectivity index (χ1) is 13.5. The number of hydrogen-bond donors (Lipinski definition) is 0. The average molecular weight is 398 g/mol. The largest absolute Gasteiger partial charge is 0.493 e. The molecular formula is C21H16ClNO5. The van der Waals surface area contributed by atoms with Crippen LogP contribution in [-0.2, 0) is 14.3 Å².